The Morgan fingerprint density at radius 3 is 2.82 bits per heavy atom. The van der Waals surface area contributed by atoms with Crippen LogP contribution in [-0.4, -0.2) is 64.2 Å². The van der Waals surface area contributed by atoms with Gasteiger partial charge in [-0.25, -0.2) is 15.0 Å². The first kappa shape index (κ1) is 13.6. The van der Waals surface area contributed by atoms with E-state index >= 15 is 0 Å². The highest BCUT2D eigenvalue weighted by Gasteiger charge is 2.44. The lowest BCUT2D eigenvalue weighted by Gasteiger charge is -2.17. The number of aliphatic hydroxyl groups is 3. The summed E-state index contributed by atoms with van der Waals surface area (Å²) < 4.78 is 8.94. The number of hydrogen-bond donors (Lipinski definition) is 3. The van der Waals surface area contributed by atoms with Gasteiger partial charge in [0.1, 0.15) is 23.8 Å². The number of nitrogens with zero attached hydrogens (tertiary/aromatic N) is 5. The van der Waals surface area contributed by atoms with Crippen LogP contribution in [-0.2, 0) is 4.74 Å². The van der Waals surface area contributed by atoms with Crippen molar-refractivity contribution in [2.75, 3.05) is 6.61 Å². The van der Waals surface area contributed by atoms with E-state index < -0.39 is 24.5 Å². The number of fused-ring (bicyclic) bond motifs is 3. The van der Waals surface area contributed by atoms with Crippen molar-refractivity contribution in [1.82, 2.24) is 23.9 Å². The Morgan fingerprint density at radius 2 is 2.09 bits per heavy atom. The molecule has 4 atom stereocenters. The largest absolute Gasteiger partial charge is 0.394 e. The Morgan fingerprint density at radius 1 is 1.27 bits per heavy atom. The topological polar surface area (TPSA) is 118 Å². The number of aromatic nitrogens is 5. The minimum absolute atomic E-state index is 0.373. The van der Waals surface area contributed by atoms with Gasteiger partial charge < -0.3 is 20.1 Å². The molecule has 3 aromatic rings. The van der Waals surface area contributed by atoms with E-state index in [0.717, 1.165) is 0 Å². The van der Waals surface area contributed by atoms with E-state index in [-0.39, 0.29) is 6.61 Å². The monoisotopic (exact) mass is 305 g/mol. The van der Waals surface area contributed by atoms with Crippen LogP contribution in [0.3, 0.4) is 0 Å². The molecule has 4 heterocycles. The first-order chi connectivity index (χ1) is 10.6. The smallest absolute Gasteiger partial charge is 0.235 e. The zero-order chi connectivity index (χ0) is 15.4. The maximum Gasteiger partial charge on any atom is 0.235 e. The predicted molar refractivity (Wildman–Crippen MR) is 74.0 cm³/mol. The number of imidazole rings is 2. The molecule has 0 amide bonds. The first-order valence-electron chi connectivity index (χ1n) is 6.90. The second-order valence-electron chi connectivity index (χ2n) is 5.35. The Kier molecular flexibility index (Phi) is 2.91. The predicted octanol–water partition coefficient (Wildman–Crippen LogP) is -1.00. The molecule has 1 fully saturated rings. The van der Waals surface area contributed by atoms with Crippen molar-refractivity contribution in [2.45, 2.75) is 31.5 Å². The lowest BCUT2D eigenvalue weighted by atomic mass is 10.1. The molecule has 0 saturated carbocycles. The number of ether oxygens (including phenoxy) is 1. The van der Waals surface area contributed by atoms with Gasteiger partial charge in [0.15, 0.2) is 11.9 Å². The maximum absolute atomic E-state index is 10.2. The molecule has 22 heavy (non-hydrogen) atoms. The molecule has 116 valence electrons. The van der Waals surface area contributed by atoms with Crippen LogP contribution in [0.4, 0.5) is 0 Å². The highest BCUT2D eigenvalue weighted by atomic mass is 16.6. The Hall–Kier alpha value is -2.07. The molecule has 1 saturated heterocycles. The van der Waals surface area contributed by atoms with Gasteiger partial charge in [-0.3, -0.25) is 8.97 Å². The quantitative estimate of drug-likeness (QED) is 0.555. The summed E-state index contributed by atoms with van der Waals surface area (Å²) in [4.78, 5) is 12.8. The van der Waals surface area contributed by atoms with Crippen molar-refractivity contribution < 1.29 is 20.1 Å². The summed E-state index contributed by atoms with van der Waals surface area (Å²) in [5.41, 5.74) is 2.03. The SMILES string of the molecule is Cc1nc2nccn2c2c1ncn2C1OC(CO)C(O)C1O. The number of rotatable bonds is 2. The summed E-state index contributed by atoms with van der Waals surface area (Å²) in [5.74, 6) is 0.512. The summed E-state index contributed by atoms with van der Waals surface area (Å²) in [7, 11) is 0. The molecule has 4 rings (SSSR count). The van der Waals surface area contributed by atoms with Gasteiger partial charge in [0, 0.05) is 12.4 Å². The fraction of sp³-hybridized carbons (Fsp3) is 0.462. The minimum atomic E-state index is -1.17. The van der Waals surface area contributed by atoms with E-state index in [4.69, 9.17) is 4.74 Å². The first-order valence-corrected chi connectivity index (χ1v) is 6.90. The van der Waals surface area contributed by atoms with Gasteiger partial charge in [-0.2, -0.15) is 0 Å². The van der Waals surface area contributed by atoms with Gasteiger partial charge in [0.2, 0.25) is 5.78 Å². The fourth-order valence-corrected chi connectivity index (χ4v) is 2.89. The van der Waals surface area contributed by atoms with E-state index in [9.17, 15) is 15.3 Å². The lowest BCUT2D eigenvalue weighted by molar-refractivity contribution is -0.0511. The van der Waals surface area contributed by atoms with E-state index in [1.807, 2.05) is 6.92 Å². The van der Waals surface area contributed by atoms with Crippen LogP contribution in [0.1, 0.15) is 11.9 Å². The Bertz CT molecular complexity index is 844. The summed E-state index contributed by atoms with van der Waals surface area (Å²) >= 11 is 0. The normalized spacial score (nSPS) is 28.9. The van der Waals surface area contributed by atoms with E-state index in [1.165, 1.54) is 6.33 Å². The van der Waals surface area contributed by atoms with Gasteiger partial charge in [-0.15, -0.1) is 0 Å². The van der Waals surface area contributed by atoms with E-state index in [2.05, 4.69) is 15.0 Å². The molecule has 3 aromatic heterocycles. The van der Waals surface area contributed by atoms with Gasteiger partial charge in [-0.1, -0.05) is 0 Å². The van der Waals surface area contributed by atoms with Crippen LogP contribution in [0.5, 0.6) is 0 Å². The molecule has 9 heteroatoms. The van der Waals surface area contributed by atoms with Crippen molar-refractivity contribution >= 4 is 16.9 Å². The van der Waals surface area contributed by atoms with Crippen LogP contribution in [0.15, 0.2) is 18.7 Å². The minimum Gasteiger partial charge on any atom is -0.394 e. The maximum atomic E-state index is 10.2. The lowest BCUT2D eigenvalue weighted by Crippen LogP contribution is -2.33. The molecule has 0 aromatic carbocycles. The summed E-state index contributed by atoms with van der Waals surface area (Å²) in [6.07, 6.45) is 0.886. The third-order valence-electron chi connectivity index (χ3n) is 4.02. The van der Waals surface area contributed by atoms with Crippen LogP contribution >= 0.6 is 0 Å². The van der Waals surface area contributed by atoms with Gasteiger partial charge in [0.25, 0.3) is 0 Å². The summed E-state index contributed by atoms with van der Waals surface area (Å²) in [6, 6.07) is 0. The summed E-state index contributed by atoms with van der Waals surface area (Å²) in [5, 5.41) is 29.4. The average molecular weight is 305 g/mol. The van der Waals surface area contributed by atoms with Crippen molar-refractivity contribution in [3.05, 3.63) is 24.4 Å². The van der Waals surface area contributed by atoms with Crippen LogP contribution in [0, 0.1) is 6.92 Å². The second-order valence-corrected chi connectivity index (χ2v) is 5.35. The molecule has 1 aliphatic rings. The third kappa shape index (κ3) is 1.70. The zero-order valence-corrected chi connectivity index (χ0v) is 11.7. The van der Waals surface area contributed by atoms with Crippen molar-refractivity contribution in [1.29, 1.82) is 0 Å². The molecular weight excluding hydrogens is 290 g/mol. The highest BCUT2D eigenvalue weighted by molar-refractivity contribution is 5.76. The summed E-state index contributed by atoms with van der Waals surface area (Å²) in [6.45, 7) is 1.45. The number of hydrogen-bond acceptors (Lipinski definition) is 7. The van der Waals surface area contributed by atoms with Gasteiger partial charge in [-0.05, 0) is 6.92 Å². The van der Waals surface area contributed by atoms with Gasteiger partial charge >= 0.3 is 0 Å². The highest BCUT2D eigenvalue weighted by Crippen LogP contribution is 2.32. The molecule has 1 aliphatic heterocycles. The fourth-order valence-electron chi connectivity index (χ4n) is 2.89. The van der Waals surface area contributed by atoms with Crippen LogP contribution in [0.2, 0.25) is 0 Å². The molecule has 9 nitrogen and oxygen atoms in total. The van der Waals surface area contributed by atoms with E-state index in [1.54, 1.807) is 21.4 Å². The Labute approximate surface area is 124 Å². The average Bonchev–Trinajstić information content (AvgIpc) is 3.18. The van der Waals surface area contributed by atoms with Gasteiger partial charge in [0.05, 0.1) is 18.6 Å². The molecule has 0 radical (unpaired) electrons. The third-order valence-corrected chi connectivity index (χ3v) is 4.02. The molecule has 0 aliphatic carbocycles. The standard InChI is InChI=1S/C13H15N5O4/c1-6-8-11(17-3-2-14-13(17)16-6)18(5-15-8)12-10(21)9(20)7(4-19)22-12/h2-3,5,7,9-10,12,19-21H,4H2,1H3. The second kappa shape index (κ2) is 4.71. The van der Waals surface area contributed by atoms with E-state index in [0.29, 0.717) is 22.6 Å². The number of aliphatic hydroxyl groups excluding tert-OH is 3. The molecule has 4 unspecified atom stereocenters. The molecule has 3 N–H and O–H groups in total. The van der Waals surface area contributed by atoms with Crippen LogP contribution in [0.25, 0.3) is 16.9 Å². The molecule has 0 bridgehead atoms. The van der Waals surface area contributed by atoms with Crippen molar-refractivity contribution in [2.24, 2.45) is 0 Å². The van der Waals surface area contributed by atoms with Crippen LogP contribution < -0.4 is 0 Å². The number of aryl methyl sites for hydroxylation is 1. The van der Waals surface area contributed by atoms with Crippen molar-refractivity contribution in [3.63, 3.8) is 0 Å². The Balaban J connectivity index is 1.93. The van der Waals surface area contributed by atoms with Crippen molar-refractivity contribution in [3.8, 4) is 0 Å². The zero-order valence-electron chi connectivity index (χ0n) is 11.7. The molecular formula is C13H15N5O4. The molecule has 0 spiro atoms.